The van der Waals surface area contributed by atoms with E-state index in [4.69, 9.17) is 9.57 Å². The van der Waals surface area contributed by atoms with Gasteiger partial charge in [0, 0.05) is 16.0 Å². The molecule has 0 spiro atoms. The number of methoxy groups -OCH3 is 1. The van der Waals surface area contributed by atoms with Gasteiger partial charge < -0.3 is 4.74 Å². The van der Waals surface area contributed by atoms with Crippen LogP contribution in [0.25, 0.3) is 11.1 Å². The highest BCUT2D eigenvalue weighted by molar-refractivity contribution is 7.99. The third kappa shape index (κ3) is 2.76. The van der Waals surface area contributed by atoms with Crippen LogP contribution in [0, 0.1) is 5.82 Å². The van der Waals surface area contributed by atoms with Crippen molar-refractivity contribution in [2.45, 2.75) is 36.7 Å². The number of anilines is 1. The van der Waals surface area contributed by atoms with E-state index in [-0.39, 0.29) is 11.9 Å². The van der Waals surface area contributed by atoms with Gasteiger partial charge in [0.1, 0.15) is 11.6 Å². The van der Waals surface area contributed by atoms with Gasteiger partial charge in [0.2, 0.25) is 0 Å². The highest BCUT2D eigenvalue weighted by Gasteiger charge is 2.30. The second-order valence-electron chi connectivity index (χ2n) is 6.13. The summed E-state index contributed by atoms with van der Waals surface area (Å²) in [4.78, 5) is 7.25. The standard InChI is InChI=1S/C19H20FNO2S/c1-22-16-9-5-4-8-14(16)18-15(20)10-11-17-19(18)21(12-24-17)23-13-6-2-3-7-13/h4-5,8-11,13H,2-3,6-7,12H2,1H3. The molecule has 0 saturated heterocycles. The maximum absolute atomic E-state index is 14.8. The third-order valence-corrected chi connectivity index (χ3v) is 5.64. The predicted octanol–water partition coefficient (Wildman–Crippen LogP) is 5.25. The van der Waals surface area contributed by atoms with Crippen molar-refractivity contribution in [3.8, 4) is 16.9 Å². The van der Waals surface area contributed by atoms with Gasteiger partial charge in [-0.2, -0.15) is 0 Å². The van der Waals surface area contributed by atoms with E-state index in [9.17, 15) is 4.39 Å². The van der Waals surface area contributed by atoms with Gasteiger partial charge in [0.25, 0.3) is 0 Å². The van der Waals surface area contributed by atoms with Crippen LogP contribution < -0.4 is 9.80 Å². The fourth-order valence-corrected chi connectivity index (χ4v) is 4.42. The summed E-state index contributed by atoms with van der Waals surface area (Å²) in [6.07, 6.45) is 4.82. The highest BCUT2D eigenvalue weighted by atomic mass is 32.2. The summed E-state index contributed by atoms with van der Waals surface area (Å²) in [5, 5.41) is 1.88. The van der Waals surface area contributed by atoms with Gasteiger partial charge in [-0.05, 0) is 31.0 Å². The van der Waals surface area contributed by atoms with E-state index in [0.29, 0.717) is 17.2 Å². The third-order valence-electron chi connectivity index (χ3n) is 4.63. The van der Waals surface area contributed by atoms with Crippen LogP contribution in [0.4, 0.5) is 10.1 Å². The summed E-state index contributed by atoms with van der Waals surface area (Å²) in [5.41, 5.74) is 2.15. The number of rotatable bonds is 4. The number of fused-ring (bicyclic) bond motifs is 1. The number of hydroxylamine groups is 1. The van der Waals surface area contributed by atoms with E-state index >= 15 is 0 Å². The van der Waals surface area contributed by atoms with Crippen molar-refractivity contribution < 1.29 is 14.0 Å². The largest absolute Gasteiger partial charge is 0.496 e. The van der Waals surface area contributed by atoms with Crippen LogP contribution in [0.3, 0.4) is 0 Å². The number of thioether (sulfide) groups is 1. The van der Waals surface area contributed by atoms with Gasteiger partial charge >= 0.3 is 0 Å². The number of benzene rings is 2. The van der Waals surface area contributed by atoms with Crippen LogP contribution in [0.5, 0.6) is 5.75 Å². The Morgan fingerprint density at radius 2 is 1.92 bits per heavy atom. The molecule has 4 rings (SSSR count). The number of ether oxygens (including phenoxy) is 1. The van der Waals surface area contributed by atoms with Crippen LogP contribution in [-0.2, 0) is 4.84 Å². The van der Waals surface area contributed by atoms with Crippen LogP contribution in [0.2, 0.25) is 0 Å². The van der Waals surface area contributed by atoms with E-state index in [2.05, 4.69) is 0 Å². The number of hydrogen-bond acceptors (Lipinski definition) is 4. The lowest BCUT2D eigenvalue weighted by molar-refractivity contribution is 0.0455. The fourth-order valence-electron chi connectivity index (χ4n) is 3.47. The van der Waals surface area contributed by atoms with Gasteiger partial charge in [0.15, 0.2) is 0 Å². The molecule has 1 fully saturated rings. The van der Waals surface area contributed by atoms with Crippen molar-refractivity contribution in [1.82, 2.24) is 0 Å². The molecule has 0 bridgehead atoms. The van der Waals surface area contributed by atoms with Crippen molar-refractivity contribution in [2.75, 3.05) is 18.0 Å². The Labute approximate surface area is 145 Å². The maximum atomic E-state index is 14.8. The summed E-state index contributed by atoms with van der Waals surface area (Å²) < 4.78 is 20.2. The molecule has 1 aliphatic heterocycles. The Kier molecular flexibility index (Phi) is 4.37. The molecule has 0 amide bonds. The van der Waals surface area contributed by atoms with Crippen molar-refractivity contribution in [1.29, 1.82) is 0 Å². The minimum absolute atomic E-state index is 0.241. The molecule has 0 aromatic heterocycles. The zero-order chi connectivity index (χ0) is 16.5. The summed E-state index contributed by atoms with van der Waals surface area (Å²) in [6, 6.07) is 10.9. The first kappa shape index (κ1) is 15.8. The van der Waals surface area contributed by atoms with E-state index < -0.39 is 0 Å². The zero-order valence-electron chi connectivity index (χ0n) is 13.6. The maximum Gasteiger partial charge on any atom is 0.133 e. The van der Waals surface area contributed by atoms with Crippen molar-refractivity contribution in [2.24, 2.45) is 0 Å². The van der Waals surface area contributed by atoms with Crippen LogP contribution >= 0.6 is 11.8 Å². The highest BCUT2D eigenvalue weighted by Crippen LogP contribution is 2.48. The van der Waals surface area contributed by atoms with Gasteiger partial charge in [-0.25, -0.2) is 9.45 Å². The second kappa shape index (κ2) is 6.65. The molecular formula is C19H20FNO2S. The Morgan fingerprint density at radius 3 is 2.71 bits per heavy atom. The van der Waals surface area contributed by atoms with E-state index in [1.807, 2.05) is 35.4 Å². The molecule has 5 heteroatoms. The topological polar surface area (TPSA) is 21.7 Å². The molecule has 0 unspecified atom stereocenters. The average molecular weight is 345 g/mol. The molecule has 1 heterocycles. The molecule has 0 atom stereocenters. The summed E-state index contributed by atoms with van der Waals surface area (Å²) in [7, 11) is 1.61. The van der Waals surface area contributed by atoms with Crippen molar-refractivity contribution in [3.05, 3.63) is 42.2 Å². The van der Waals surface area contributed by atoms with Crippen molar-refractivity contribution >= 4 is 17.4 Å². The summed E-state index contributed by atoms with van der Waals surface area (Å²) >= 11 is 1.68. The number of para-hydroxylation sites is 1. The Morgan fingerprint density at radius 1 is 1.12 bits per heavy atom. The average Bonchev–Trinajstić information content (AvgIpc) is 3.26. The van der Waals surface area contributed by atoms with Crippen LogP contribution in [0.1, 0.15) is 25.7 Å². The summed E-state index contributed by atoms with van der Waals surface area (Å²) in [6.45, 7) is 0. The molecule has 0 radical (unpaired) electrons. The molecule has 2 aromatic rings. The number of halogens is 1. The van der Waals surface area contributed by atoms with Gasteiger partial charge in [-0.15, -0.1) is 0 Å². The zero-order valence-corrected chi connectivity index (χ0v) is 14.4. The van der Waals surface area contributed by atoms with Gasteiger partial charge in [-0.3, -0.25) is 4.84 Å². The quantitative estimate of drug-likeness (QED) is 0.755. The molecular weight excluding hydrogens is 325 g/mol. The molecule has 126 valence electrons. The number of nitrogens with zero attached hydrogens (tertiary/aromatic N) is 1. The first-order chi connectivity index (χ1) is 11.8. The molecule has 2 aliphatic rings. The van der Waals surface area contributed by atoms with Crippen LogP contribution in [-0.4, -0.2) is 19.1 Å². The normalized spacial score (nSPS) is 17.3. The molecule has 24 heavy (non-hydrogen) atoms. The number of hydrogen-bond donors (Lipinski definition) is 0. The monoisotopic (exact) mass is 345 g/mol. The summed E-state index contributed by atoms with van der Waals surface area (Å²) in [5.74, 6) is 1.11. The van der Waals surface area contributed by atoms with E-state index in [1.54, 1.807) is 18.9 Å². The smallest absolute Gasteiger partial charge is 0.133 e. The molecule has 0 N–H and O–H groups in total. The van der Waals surface area contributed by atoms with Crippen molar-refractivity contribution in [3.63, 3.8) is 0 Å². The lowest BCUT2D eigenvalue weighted by Gasteiger charge is -2.25. The first-order valence-corrected chi connectivity index (χ1v) is 9.29. The Hall–Kier alpha value is -1.72. The SMILES string of the molecule is COc1ccccc1-c1c(F)ccc2c1N(OC1CCCC1)CS2. The van der Waals surface area contributed by atoms with Gasteiger partial charge in [-0.1, -0.05) is 42.8 Å². The Balaban J connectivity index is 1.79. The minimum atomic E-state index is -0.249. The molecule has 2 aromatic carbocycles. The fraction of sp³-hybridized carbons (Fsp3) is 0.368. The van der Waals surface area contributed by atoms with Crippen LogP contribution in [0.15, 0.2) is 41.3 Å². The predicted molar refractivity (Wildman–Crippen MR) is 94.9 cm³/mol. The van der Waals surface area contributed by atoms with E-state index in [1.165, 1.54) is 18.9 Å². The second-order valence-corrected chi connectivity index (χ2v) is 7.12. The van der Waals surface area contributed by atoms with Gasteiger partial charge in [0.05, 0.1) is 24.8 Å². The Bertz CT molecular complexity index is 746. The lowest BCUT2D eigenvalue weighted by atomic mass is 10.0. The molecule has 3 nitrogen and oxygen atoms in total. The first-order valence-electron chi connectivity index (χ1n) is 8.31. The molecule has 1 saturated carbocycles. The minimum Gasteiger partial charge on any atom is -0.496 e. The molecule has 1 aliphatic carbocycles. The lowest BCUT2D eigenvalue weighted by Crippen LogP contribution is -2.26. The van der Waals surface area contributed by atoms with E-state index in [0.717, 1.165) is 29.0 Å².